The van der Waals surface area contributed by atoms with E-state index >= 15 is 0 Å². The molecule has 0 unspecified atom stereocenters. The van der Waals surface area contributed by atoms with Crippen LogP contribution in [0.2, 0.25) is 5.02 Å². The number of carbonyl (C=O) groups excluding carboxylic acids is 2. The van der Waals surface area contributed by atoms with Crippen molar-refractivity contribution in [2.24, 2.45) is 0 Å². The van der Waals surface area contributed by atoms with E-state index in [1.165, 1.54) is 24.3 Å². The molecule has 0 saturated heterocycles. The number of para-hydroxylation sites is 1. The van der Waals surface area contributed by atoms with Crippen LogP contribution in [0.5, 0.6) is 0 Å². The van der Waals surface area contributed by atoms with Crippen molar-refractivity contribution in [1.82, 2.24) is 4.72 Å². The monoisotopic (exact) mass is 455 g/mol. The summed E-state index contributed by atoms with van der Waals surface area (Å²) in [6.07, 6.45) is 0.753. The topological polar surface area (TPSA) is 105 Å². The summed E-state index contributed by atoms with van der Waals surface area (Å²) >= 11 is 6.38. The SMILES string of the molecule is COC(=O)NS(=O)(=O)c1ccc(NC(=O)[C@@H](C)N2CCCc3cccc(Cl)c32)cc1.[HH].[HH]. The number of benzene rings is 2. The van der Waals surface area contributed by atoms with Crippen molar-refractivity contribution in [2.45, 2.75) is 30.7 Å². The highest BCUT2D eigenvalue weighted by molar-refractivity contribution is 7.90. The third-order valence-electron chi connectivity index (χ3n) is 4.88. The van der Waals surface area contributed by atoms with Gasteiger partial charge in [-0.05, 0) is 55.7 Å². The Hall–Kier alpha value is -2.78. The van der Waals surface area contributed by atoms with E-state index in [2.05, 4.69) is 10.1 Å². The Balaban J connectivity index is 0.00000256. The zero-order valence-corrected chi connectivity index (χ0v) is 18.1. The van der Waals surface area contributed by atoms with Gasteiger partial charge in [-0.15, -0.1) is 0 Å². The van der Waals surface area contributed by atoms with E-state index in [0.29, 0.717) is 17.3 Å². The van der Waals surface area contributed by atoms with Gasteiger partial charge in [0.1, 0.15) is 6.04 Å². The normalized spacial score (nSPS) is 14.4. The number of rotatable bonds is 5. The van der Waals surface area contributed by atoms with Crippen molar-refractivity contribution >= 4 is 45.0 Å². The summed E-state index contributed by atoms with van der Waals surface area (Å²) in [6.45, 7) is 2.51. The van der Waals surface area contributed by atoms with Gasteiger partial charge in [0.2, 0.25) is 5.91 Å². The summed E-state index contributed by atoms with van der Waals surface area (Å²) in [5.41, 5.74) is 2.42. The van der Waals surface area contributed by atoms with Gasteiger partial charge >= 0.3 is 6.09 Å². The van der Waals surface area contributed by atoms with Crippen LogP contribution in [0.25, 0.3) is 0 Å². The second kappa shape index (κ2) is 8.93. The Kier molecular flexibility index (Phi) is 6.52. The first-order valence-electron chi connectivity index (χ1n) is 9.28. The molecule has 1 aliphatic rings. The molecule has 3 rings (SSSR count). The number of anilines is 2. The molecule has 8 nitrogen and oxygen atoms in total. The van der Waals surface area contributed by atoms with Crippen LogP contribution in [0.4, 0.5) is 16.2 Å². The number of sulfonamides is 1. The summed E-state index contributed by atoms with van der Waals surface area (Å²) in [4.78, 5) is 25.8. The average Bonchev–Trinajstić information content (AvgIpc) is 2.73. The fraction of sp³-hybridized carbons (Fsp3) is 0.300. The molecule has 1 heterocycles. The van der Waals surface area contributed by atoms with Crippen LogP contribution in [0.1, 0.15) is 21.8 Å². The lowest BCUT2D eigenvalue weighted by molar-refractivity contribution is -0.117. The number of ether oxygens (including phenoxy) is 1. The second-order valence-corrected chi connectivity index (χ2v) is 8.92. The Bertz CT molecular complexity index is 1070. The molecule has 0 saturated carbocycles. The highest BCUT2D eigenvalue weighted by Gasteiger charge is 2.28. The quantitative estimate of drug-likeness (QED) is 0.712. The molecule has 0 fully saturated rings. The van der Waals surface area contributed by atoms with E-state index in [9.17, 15) is 18.0 Å². The highest BCUT2D eigenvalue weighted by Crippen LogP contribution is 2.35. The molecule has 164 valence electrons. The molecule has 0 radical (unpaired) electrons. The maximum atomic E-state index is 12.8. The van der Waals surface area contributed by atoms with Gasteiger partial charge < -0.3 is 15.0 Å². The molecule has 0 aromatic heterocycles. The van der Waals surface area contributed by atoms with Gasteiger partial charge in [-0.25, -0.2) is 17.9 Å². The van der Waals surface area contributed by atoms with Crippen LogP contribution >= 0.6 is 11.6 Å². The highest BCUT2D eigenvalue weighted by atomic mass is 35.5. The molecule has 10 heteroatoms. The van der Waals surface area contributed by atoms with Crippen molar-refractivity contribution in [2.75, 3.05) is 23.9 Å². The molecule has 1 aliphatic heterocycles. The van der Waals surface area contributed by atoms with Gasteiger partial charge in [-0.3, -0.25) is 4.79 Å². The Morgan fingerprint density at radius 2 is 1.90 bits per heavy atom. The van der Waals surface area contributed by atoms with Gasteiger partial charge in [0.15, 0.2) is 0 Å². The fourth-order valence-corrected chi connectivity index (χ4v) is 4.56. The van der Waals surface area contributed by atoms with E-state index in [0.717, 1.165) is 31.2 Å². The maximum Gasteiger partial charge on any atom is 0.420 e. The number of nitrogens with one attached hydrogen (secondary N) is 2. The summed E-state index contributed by atoms with van der Waals surface area (Å²) in [5, 5.41) is 3.40. The first-order valence-corrected chi connectivity index (χ1v) is 11.1. The van der Waals surface area contributed by atoms with Crippen LogP contribution in [0, 0.1) is 0 Å². The molecule has 2 aromatic carbocycles. The molecule has 0 spiro atoms. The summed E-state index contributed by atoms with van der Waals surface area (Å²) in [6, 6.07) is 10.7. The number of methoxy groups -OCH3 is 1. The number of hydrogen-bond donors (Lipinski definition) is 2. The largest absolute Gasteiger partial charge is 0.452 e. The van der Waals surface area contributed by atoms with Crippen molar-refractivity contribution in [3.05, 3.63) is 53.1 Å². The van der Waals surface area contributed by atoms with Crippen molar-refractivity contribution in [3.8, 4) is 0 Å². The minimum Gasteiger partial charge on any atom is -0.452 e. The smallest absolute Gasteiger partial charge is 0.420 e. The van der Waals surface area contributed by atoms with E-state index in [1.54, 1.807) is 11.6 Å². The second-order valence-electron chi connectivity index (χ2n) is 6.83. The Labute approximate surface area is 183 Å². The van der Waals surface area contributed by atoms with Gasteiger partial charge in [-0.2, -0.15) is 0 Å². The standard InChI is InChI=1S/C20H22ClN3O5S.2H2/c1-13(24-12-4-6-14-5-3-7-17(21)18(14)24)19(25)22-15-8-10-16(11-9-15)30(27,28)23-20(26)29-2;;/h3,5,7-11,13H,4,6,12H2,1-2H3,(H,22,25)(H,23,26);2*1H/t13-;;/m1../s1. The number of amides is 2. The first-order chi connectivity index (χ1) is 14.2. The van der Waals surface area contributed by atoms with Crippen LogP contribution in [-0.4, -0.2) is 40.1 Å². The first kappa shape index (κ1) is 21.9. The van der Waals surface area contributed by atoms with Crippen LogP contribution in [-0.2, 0) is 26.0 Å². The van der Waals surface area contributed by atoms with E-state index < -0.39 is 22.2 Å². The number of nitrogens with zero attached hydrogens (tertiary/aromatic N) is 1. The number of fused-ring (bicyclic) bond motifs is 1. The molecule has 30 heavy (non-hydrogen) atoms. The molecular formula is C20H26ClN3O5S. The average molecular weight is 456 g/mol. The summed E-state index contributed by atoms with van der Waals surface area (Å²) in [5.74, 6) is -0.244. The zero-order chi connectivity index (χ0) is 21.9. The van der Waals surface area contributed by atoms with Crippen molar-refractivity contribution in [1.29, 1.82) is 0 Å². The molecule has 0 aliphatic carbocycles. The molecule has 2 amide bonds. The lowest BCUT2D eigenvalue weighted by Gasteiger charge is -2.36. The number of aryl methyl sites for hydroxylation is 1. The predicted molar refractivity (Wildman–Crippen MR) is 119 cm³/mol. The van der Waals surface area contributed by atoms with Crippen LogP contribution in [0.15, 0.2) is 47.4 Å². The Morgan fingerprint density at radius 3 is 2.57 bits per heavy atom. The lowest BCUT2D eigenvalue weighted by Crippen LogP contribution is -2.44. The minimum absolute atomic E-state index is 0. The van der Waals surface area contributed by atoms with Gasteiger partial charge in [0.05, 0.1) is 22.7 Å². The maximum absolute atomic E-state index is 12.8. The third-order valence-corrected chi connectivity index (χ3v) is 6.52. The van der Waals surface area contributed by atoms with Crippen molar-refractivity contribution in [3.63, 3.8) is 0 Å². The van der Waals surface area contributed by atoms with Gasteiger partial charge in [-0.1, -0.05) is 23.7 Å². The fourth-order valence-electron chi connectivity index (χ4n) is 3.34. The molecule has 1 atom stereocenters. The van der Waals surface area contributed by atoms with E-state index in [-0.39, 0.29) is 13.7 Å². The van der Waals surface area contributed by atoms with E-state index in [1.807, 2.05) is 23.1 Å². The number of carbonyl (C=O) groups is 2. The molecule has 0 bridgehead atoms. The van der Waals surface area contributed by atoms with Gasteiger partial charge in [0.25, 0.3) is 10.0 Å². The van der Waals surface area contributed by atoms with Gasteiger partial charge in [0, 0.05) is 15.1 Å². The number of hydrogen-bond acceptors (Lipinski definition) is 6. The number of halogens is 1. The summed E-state index contributed by atoms with van der Waals surface area (Å²) in [7, 11) is -2.98. The summed E-state index contributed by atoms with van der Waals surface area (Å²) < 4.78 is 30.2. The third kappa shape index (κ3) is 4.68. The molecule has 2 N–H and O–H groups in total. The van der Waals surface area contributed by atoms with Crippen LogP contribution < -0.4 is 14.9 Å². The Morgan fingerprint density at radius 1 is 1.20 bits per heavy atom. The molecule has 2 aromatic rings. The minimum atomic E-state index is -4.05. The van der Waals surface area contributed by atoms with Crippen molar-refractivity contribution < 1.29 is 25.6 Å². The zero-order valence-electron chi connectivity index (χ0n) is 16.5. The lowest BCUT2D eigenvalue weighted by atomic mass is 10.00. The molecular weight excluding hydrogens is 430 g/mol. The predicted octanol–water partition coefficient (Wildman–Crippen LogP) is 3.66. The van der Waals surface area contributed by atoms with Crippen LogP contribution in [0.3, 0.4) is 0 Å². The van der Waals surface area contributed by atoms with E-state index in [4.69, 9.17) is 11.6 Å².